The normalized spacial score (nSPS) is 15.3. The molecule has 0 bridgehead atoms. The van der Waals surface area contributed by atoms with Crippen molar-refractivity contribution in [1.29, 1.82) is 0 Å². The zero-order valence-corrected chi connectivity index (χ0v) is 16.3. The average molecular weight is 381 g/mol. The van der Waals surface area contributed by atoms with E-state index >= 15 is 0 Å². The molecule has 0 aromatic heterocycles. The number of amides is 1. The van der Waals surface area contributed by atoms with Crippen LogP contribution in [0.5, 0.6) is 0 Å². The van der Waals surface area contributed by atoms with E-state index < -0.39 is 4.92 Å². The zero-order valence-electron chi connectivity index (χ0n) is 16.3. The lowest BCUT2D eigenvalue weighted by molar-refractivity contribution is -0.384. The minimum atomic E-state index is -0.412. The molecular formula is C22H27N3O3. The van der Waals surface area contributed by atoms with E-state index in [0.29, 0.717) is 12.1 Å². The number of carbonyl (C=O) groups excluding carboxylic acids is 1. The standard InChI is InChI=1S/C22H27N3O3/c1-2-22(26)24(20-9-6-10-21(17-20)25(27)28)19-12-15-23(16-13-19)14-11-18-7-4-3-5-8-18/h3-10,17,19H,2,11-16H2,1H3. The molecule has 1 fully saturated rings. The summed E-state index contributed by atoms with van der Waals surface area (Å²) in [4.78, 5) is 27.5. The number of carbonyl (C=O) groups is 1. The molecule has 0 aliphatic carbocycles. The molecule has 3 rings (SSSR count). The van der Waals surface area contributed by atoms with Gasteiger partial charge in [-0.2, -0.15) is 0 Å². The first-order valence-corrected chi connectivity index (χ1v) is 9.91. The molecule has 1 heterocycles. The van der Waals surface area contributed by atoms with Crippen LogP contribution in [0.3, 0.4) is 0 Å². The Hall–Kier alpha value is -2.73. The number of nitrogens with zero attached hydrogens (tertiary/aromatic N) is 3. The molecule has 0 atom stereocenters. The van der Waals surface area contributed by atoms with Gasteiger partial charge in [0, 0.05) is 44.2 Å². The molecule has 1 amide bonds. The Morgan fingerprint density at radius 3 is 2.50 bits per heavy atom. The maximum absolute atomic E-state index is 12.6. The first-order valence-electron chi connectivity index (χ1n) is 9.91. The third-order valence-corrected chi connectivity index (χ3v) is 5.37. The number of nitro benzene ring substituents is 1. The molecule has 148 valence electrons. The lowest BCUT2D eigenvalue weighted by Crippen LogP contribution is -2.47. The van der Waals surface area contributed by atoms with E-state index in [2.05, 4.69) is 29.2 Å². The van der Waals surface area contributed by atoms with Gasteiger partial charge in [-0.15, -0.1) is 0 Å². The molecule has 0 spiro atoms. The van der Waals surface area contributed by atoms with Gasteiger partial charge in [-0.25, -0.2) is 0 Å². The van der Waals surface area contributed by atoms with Gasteiger partial charge in [0.2, 0.25) is 5.91 Å². The lowest BCUT2D eigenvalue weighted by atomic mass is 10.0. The lowest BCUT2D eigenvalue weighted by Gasteiger charge is -2.38. The highest BCUT2D eigenvalue weighted by Crippen LogP contribution is 2.27. The molecule has 2 aromatic rings. The SMILES string of the molecule is CCC(=O)N(c1cccc([N+](=O)[O-])c1)C1CCN(CCc2ccccc2)CC1. The number of non-ortho nitro benzene ring substituents is 1. The Labute approximate surface area is 165 Å². The van der Waals surface area contributed by atoms with Crippen LogP contribution in [-0.2, 0) is 11.2 Å². The smallest absolute Gasteiger partial charge is 0.271 e. The first kappa shape index (κ1) is 20.0. The molecule has 0 radical (unpaired) electrons. The van der Waals surface area contributed by atoms with Crippen molar-refractivity contribution in [2.75, 3.05) is 24.5 Å². The first-order chi connectivity index (χ1) is 13.6. The van der Waals surface area contributed by atoms with E-state index in [9.17, 15) is 14.9 Å². The minimum absolute atomic E-state index is 0.0169. The predicted octanol–water partition coefficient (Wildman–Crippen LogP) is 4.04. The van der Waals surface area contributed by atoms with Crippen LogP contribution in [0.2, 0.25) is 0 Å². The van der Waals surface area contributed by atoms with Gasteiger partial charge < -0.3 is 9.80 Å². The summed E-state index contributed by atoms with van der Waals surface area (Å²) in [7, 11) is 0. The fourth-order valence-corrected chi connectivity index (χ4v) is 3.82. The highest BCUT2D eigenvalue weighted by molar-refractivity contribution is 5.94. The topological polar surface area (TPSA) is 66.7 Å². The summed E-state index contributed by atoms with van der Waals surface area (Å²) in [6.07, 6.45) is 3.16. The van der Waals surface area contributed by atoms with Crippen LogP contribution < -0.4 is 4.90 Å². The second-order valence-electron chi connectivity index (χ2n) is 7.20. The number of anilines is 1. The van der Waals surface area contributed by atoms with Crippen LogP contribution in [0.15, 0.2) is 54.6 Å². The third-order valence-electron chi connectivity index (χ3n) is 5.37. The van der Waals surface area contributed by atoms with E-state index in [4.69, 9.17) is 0 Å². The van der Waals surface area contributed by atoms with Gasteiger partial charge in [-0.3, -0.25) is 14.9 Å². The molecular weight excluding hydrogens is 354 g/mol. The molecule has 2 aromatic carbocycles. The Balaban J connectivity index is 1.64. The number of likely N-dealkylation sites (tertiary alicyclic amines) is 1. The zero-order chi connectivity index (χ0) is 19.9. The van der Waals surface area contributed by atoms with Gasteiger partial charge in [0.15, 0.2) is 0 Å². The van der Waals surface area contributed by atoms with Crippen molar-refractivity contribution in [2.24, 2.45) is 0 Å². The molecule has 1 saturated heterocycles. The summed E-state index contributed by atoms with van der Waals surface area (Å²) < 4.78 is 0. The maximum atomic E-state index is 12.6. The van der Waals surface area contributed by atoms with Crippen molar-refractivity contribution in [3.63, 3.8) is 0 Å². The summed E-state index contributed by atoms with van der Waals surface area (Å²) in [5.74, 6) is 0.0169. The maximum Gasteiger partial charge on any atom is 0.271 e. The molecule has 28 heavy (non-hydrogen) atoms. The van der Waals surface area contributed by atoms with Crippen LogP contribution in [0.25, 0.3) is 0 Å². The van der Waals surface area contributed by atoms with E-state index in [-0.39, 0.29) is 17.6 Å². The number of piperidine rings is 1. The van der Waals surface area contributed by atoms with Gasteiger partial charge in [0.25, 0.3) is 5.69 Å². The Kier molecular flexibility index (Phi) is 6.76. The largest absolute Gasteiger partial charge is 0.309 e. The molecule has 0 unspecified atom stereocenters. The highest BCUT2D eigenvalue weighted by atomic mass is 16.6. The molecule has 6 heteroatoms. The van der Waals surface area contributed by atoms with Crippen LogP contribution in [0, 0.1) is 10.1 Å². The summed E-state index contributed by atoms with van der Waals surface area (Å²) in [5.41, 5.74) is 1.99. The number of hydrogen-bond acceptors (Lipinski definition) is 4. The Morgan fingerprint density at radius 2 is 1.86 bits per heavy atom. The fraction of sp³-hybridized carbons (Fsp3) is 0.409. The summed E-state index contributed by atoms with van der Waals surface area (Å²) in [6, 6.07) is 17.0. The van der Waals surface area contributed by atoms with Crippen molar-refractivity contribution in [3.05, 3.63) is 70.3 Å². The van der Waals surface area contributed by atoms with Gasteiger partial charge in [0.1, 0.15) is 0 Å². The van der Waals surface area contributed by atoms with Crippen molar-refractivity contribution in [1.82, 2.24) is 4.90 Å². The van der Waals surface area contributed by atoms with Crippen LogP contribution >= 0.6 is 0 Å². The van der Waals surface area contributed by atoms with Crippen LogP contribution in [0.4, 0.5) is 11.4 Å². The van der Waals surface area contributed by atoms with Crippen LogP contribution in [0.1, 0.15) is 31.7 Å². The quantitative estimate of drug-likeness (QED) is 0.536. The monoisotopic (exact) mass is 381 g/mol. The van der Waals surface area contributed by atoms with Crippen molar-refractivity contribution in [3.8, 4) is 0 Å². The average Bonchev–Trinajstić information content (AvgIpc) is 2.74. The molecule has 6 nitrogen and oxygen atoms in total. The third kappa shape index (κ3) is 4.95. The van der Waals surface area contributed by atoms with Gasteiger partial charge in [-0.05, 0) is 30.9 Å². The second-order valence-corrected chi connectivity index (χ2v) is 7.20. The van der Waals surface area contributed by atoms with Gasteiger partial charge in [0.05, 0.1) is 10.6 Å². The van der Waals surface area contributed by atoms with Crippen molar-refractivity contribution >= 4 is 17.3 Å². The Bertz CT molecular complexity index is 802. The number of nitro groups is 1. The van der Waals surface area contributed by atoms with E-state index in [1.807, 2.05) is 13.0 Å². The van der Waals surface area contributed by atoms with E-state index in [1.54, 1.807) is 17.0 Å². The van der Waals surface area contributed by atoms with E-state index in [0.717, 1.165) is 38.9 Å². The molecule has 0 saturated carbocycles. The highest BCUT2D eigenvalue weighted by Gasteiger charge is 2.29. The van der Waals surface area contributed by atoms with Crippen LogP contribution in [-0.4, -0.2) is 41.4 Å². The van der Waals surface area contributed by atoms with Gasteiger partial charge >= 0.3 is 0 Å². The van der Waals surface area contributed by atoms with Crippen molar-refractivity contribution in [2.45, 2.75) is 38.6 Å². The number of rotatable bonds is 7. The summed E-state index contributed by atoms with van der Waals surface area (Å²) in [6.45, 7) is 4.71. The van der Waals surface area contributed by atoms with Crippen molar-refractivity contribution < 1.29 is 9.72 Å². The Morgan fingerprint density at radius 1 is 1.14 bits per heavy atom. The number of benzene rings is 2. The van der Waals surface area contributed by atoms with E-state index in [1.165, 1.54) is 17.7 Å². The molecule has 1 aliphatic rings. The summed E-state index contributed by atoms with van der Waals surface area (Å²) >= 11 is 0. The summed E-state index contributed by atoms with van der Waals surface area (Å²) in [5, 5.41) is 11.1. The molecule has 1 aliphatic heterocycles. The minimum Gasteiger partial charge on any atom is -0.309 e. The fourth-order valence-electron chi connectivity index (χ4n) is 3.82. The number of hydrogen-bond donors (Lipinski definition) is 0. The second kappa shape index (κ2) is 9.46. The molecule has 0 N–H and O–H groups in total. The van der Waals surface area contributed by atoms with Gasteiger partial charge in [-0.1, -0.05) is 43.3 Å². The predicted molar refractivity (Wildman–Crippen MR) is 110 cm³/mol.